The number of hydrogen-bond acceptors (Lipinski definition) is 5. The lowest BCUT2D eigenvalue weighted by Gasteiger charge is -2.12. The molecule has 2 rings (SSSR count). The van der Waals surface area contributed by atoms with Gasteiger partial charge in [0, 0.05) is 12.1 Å². The monoisotopic (exact) mass is 289 g/mol. The van der Waals surface area contributed by atoms with Crippen LogP contribution < -0.4 is 10.7 Å². The number of nitrogens with one attached hydrogen (secondary N) is 1. The third-order valence-electron chi connectivity index (χ3n) is 2.94. The van der Waals surface area contributed by atoms with Crippen molar-refractivity contribution in [1.29, 1.82) is 0 Å². The van der Waals surface area contributed by atoms with Crippen molar-refractivity contribution in [1.82, 2.24) is 5.32 Å². The van der Waals surface area contributed by atoms with Crippen LogP contribution in [0.4, 0.5) is 0 Å². The van der Waals surface area contributed by atoms with E-state index < -0.39 is 17.9 Å². The zero-order valence-electron chi connectivity index (χ0n) is 11.7. The standard InChI is InChI=1S/C15H15NO5/c1-9(7-14(18)20-2)16-15(19)13-8-11(17)10-5-3-4-6-12(10)21-13/h3-6,8-9H,7H2,1-2H3,(H,16,19). The second kappa shape index (κ2) is 6.21. The van der Waals surface area contributed by atoms with Crippen molar-refractivity contribution in [3.05, 3.63) is 46.3 Å². The molecule has 1 aromatic heterocycles. The third-order valence-corrected chi connectivity index (χ3v) is 2.94. The van der Waals surface area contributed by atoms with Crippen LogP contribution in [0.15, 0.2) is 39.5 Å². The van der Waals surface area contributed by atoms with Crippen LogP contribution in [-0.2, 0) is 9.53 Å². The average molecular weight is 289 g/mol. The van der Waals surface area contributed by atoms with Gasteiger partial charge in [-0.1, -0.05) is 12.1 Å². The number of carbonyl (C=O) groups is 2. The van der Waals surface area contributed by atoms with Gasteiger partial charge in [0.15, 0.2) is 11.2 Å². The Labute approximate surface area is 120 Å². The predicted octanol–water partition coefficient (Wildman–Crippen LogP) is 1.47. The Morgan fingerprint density at radius 1 is 1.33 bits per heavy atom. The summed E-state index contributed by atoms with van der Waals surface area (Å²) in [5.74, 6) is -1.06. The highest BCUT2D eigenvalue weighted by Crippen LogP contribution is 2.11. The summed E-state index contributed by atoms with van der Waals surface area (Å²) >= 11 is 0. The van der Waals surface area contributed by atoms with Crippen LogP contribution in [0.25, 0.3) is 11.0 Å². The van der Waals surface area contributed by atoms with Crippen LogP contribution in [0.3, 0.4) is 0 Å². The SMILES string of the molecule is COC(=O)CC(C)NC(=O)c1cc(=O)c2ccccc2o1. The first-order valence-corrected chi connectivity index (χ1v) is 6.42. The van der Waals surface area contributed by atoms with E-state index in [-0.39, 0.29) is 17.6 Å². The molecule has 2 aromatic rings. The number of esters is 1. The molecule has 0 fully saturated rings. The van der Waals surface area contributed by atoms with E-state index in [4.69, 9.17) is 4.42 Å². The Kier molecular flexibility index (Phi) is 4.37. The molecular formula is C15H15NO5. The summed E-state index contributed by atoms with van der Waals surface area (Å²) in [6.07, 6.45) is 0.0417. The van der Waals surface area contributed by atoms with Crippen LogP contribution in [0, 0.1) is 0 Å². The highest BCUT2D eigenvalue weighted by Gasteiger charge is 2.16. The topological polar surface area (TPSA) is 85.6 Å². The lowest BCUT2D eigenvalue weighted by atomic mass is 10.2. The number of ether oxygens (including phenoxy) is 1. The molecule has 0 saturated carbocycles. The first-order valence-electron chi connectivity index (χ1n) is 6.42. The number of amides is 1. The van der Waals surface area contributed by atoms with Crippen LogP contribution >= 0.6 is 0 Å². The number of hydrogen-bond donors (Lipinski definition) is 1. The average Bonchev–Trinajstić information content (AvgIpc) is 2.46. The Hall–Kier alpha value is -2.63. The summed E-state index contributed by atoms with van der Waals surface area (Å²) in [7, 11) is 1.28. The van der Waals surface area contributed by atoms with E-state index in [0.29, 0.717) is 11.0 Å². The van der Waals surface area contributed by atoms with Crippen LogP contribution in [0.1, 0.15) is 23.9 Å². The summed E-state index contributed by atoms with van der Waals surface area (Å²) in [4.78, 5) is 35.0. The number of rotatable bonds is 4. The maximum Gasteiger partial charge on any atom is 0.307 e. The van der Waals surface area contributed by atoms with Crippen molar-refractivity contribution in [2.75, 3.05) is 7.11 Å². The molecule has 1 amide bonds. The maximum atomic E-state index is 12.0. The van der Waals surface area contributed by atoms with Crippen LogP contribution in [-0.4, -0.2) is 25.0 Å². The van der Waals surface area contributed by atoms with Crippen molar-refractivity contribution in [2.24, 2.45) is 0 Å². The van der Waals surface area contributed by atoms with Crippen molar-refractivity contribution in [3.63, 3.8) is 0 Å². The molecule has 0 aliphatic rings. The summed E-state index contributed by atoms with van der Waals surface area (Å²) < 4.78 is 9.93. The molecule has 21 heavy (non-hydrogen) atoms. The Morgan fingerprint density at radius 3 is 2.76 bits per heavy atom. The molecule has 0 spiro atoms. The quantitative estimate of drug-likeness (QED) is 0.861. The fraction of sp³-hybridized carbons (Fsp3) is 0.267. The first kappa shape index (κ1) is 14.8. The normalized spacial score (nSPS) is 11.9. The lowest BCUT2D eigenvalue weighted by Crippen LogP contribution is -2.34. The Morgan fingerprint density at radius 2 is 2.05 bits per heavy atom. The van der Waals surface area contributed by atoms with Gasteiger partial charge in [0.25, 0.3) is 5.91 Å². The number of fused-ring (bicyclic) bond motifs is 1. The molecule has 0 bridgehead atoms. The Bertz CT molecular complexity index is 734. The molecule has 0 saturated heterocycles. The van der Waals surface area contributed by atoms with Crippen LogP contribution in [0.2, 0.25) is 0 Å². The first-order chi connectivity index (χ1) is 10.0. The van der Waals surface area contributed by atoms with Crippen molar-refractivity contribution >= 4 is 22.8 Å². The molecule has 1 heterocycles. The van der Waals surface area contributed by atoms with E-state index in [9.17, 15) is 14.4 Å². The van der Waals surface area contributed by atoms with Crippen molar-refractivity contribution < 1.29 is 18.7 Å². The summed E-state index contributed by atoms with van der Waals surface area (Å²) in [6.45, 7) is 1.66. The molecule has 110 valence electrons. The van der Waals surface area contributed by atoms with Gasteiger partial charge in [0.2, 0.25) is 0 Å². The molecule has 0 aliphatic carbocycles. The van der Waals surface area contributed by atoms with E-state index in [2.05, 4.69) is 10.1 Å². The maximum absolute atomic E-state index is 12.0. The third kappa shape index (κ3) is 3.47. The van der Waals surface area contributed by atoms with E-state index in [0.717, 1.165) is 6.07 Å². The predicted molar refractivity (Wildman–Crippen MR) is 76.0 cm³/mol. The molecule has 6 heteroatoms. The smallest absolute Gasteiger partial charge is 0.307 e. The van der Waals surface area contributed by atoms with Crippen molar-refractivity contribution in [3.8, 4) is 0 Å². The van der Waals surface area contributed by atoms with Gasteiger partial charge >= 0.3 is 5.97 Å². The zero-order chi connectivity index (χ0) is 15.4. The molecule has 1 unspecified atom stereocenters. The largest absolute Gasteiger partial charge is 0.469 e. The van der Waals surface area contributed by atoms with Gasteiger partial charge in [-0.05, 0) is 19.1 Å². The van der Waals surface area contributed by atoms with E-state index in [1.165, 1.54) is 7.11 Å². The zero-order valence-corrected chi connectivity index (χ0v) is 11.7. The van der Waals surface area contributed by atoms with E-state index in [1.807, 2.05) is 0 Å². The molecule has 1 N–H and O–H groups in total. The highest BCUT2D eigenvalue weighted by atomic mass is 16.5. The van der Waals surface area contributed by atoms with Crippen molar-refractivity contribution in [2.45, 2.75) is 19.4 Å². The van der Waals surface area contributed by atoms with Gasteiger partial charge in [0.05, 0.1) is 18.9 Å². The minimum atomic E-state index is -0.547. The summed E-state index contributed by atoms with van der Waals surface area (Å²) in [6, 6.07) is 7.39. The molecule has 1 atom stereocenters. The summed E-state index contributed by atoms with van der Waals surface area (Å²) in [5.41, 5.74) is 0.0541. The molecule has 0 aliphatic heterocycles. The number of para-hydroxylation sites is 1. The fourth-order valence-corrected chi connectivity index (χ4v) is 1.90. The van der Waals surface area contributed by atoms with Gasteiger partial charge in [-0.2, -0.15) is 0 Å². The fourth-order valence-electron chi connectivity index (χ4n) is 1.90. The molecule has 1 aromatic carbocycles. The minimum Gasteiger partial charge on any atom is -0.469 e. The number of carbonyl (C=O) groups excluding carboxylic acids is 2. The number of methoxy groups -OCH3 is 1. The second-order valence-electron chi connectivity index (χ2n) is 4.63. The Balaban J connectivity index is 2.20. The van der Waals surface area contributed by atoms with Gasteiger partial charge in [-0.15, -0.1) is 0 Å². The minimum absolute atomic E-state index is 0.0417. The van der Waals surface area contributed by atoms with Crippen LogP contribution in [0.5, 0.6) is 0 Å². The summed E-state index contributed by atoms with van der Waals surface area (Å²) in [5, 5.41) is 2.99. The van der Waals surface area contributed by atoms with E-state index >= 15 is 0 Å². The van der Waals surface area contributed by atoms with E-state index in [1.54, 1.807) is 31.2 Å². The lowest BCUT2D eigenvalue weighted by molar-refractivity contribution is -0.141. The van der Waals surface area contributed by atoms with Gasteiger partial charge < -0.3 is 14.5 Å². The number of benzene rings is 1. The van der Waals surface area contributed by atoms with Gasteiger partial charge in [-0.25, -0.2) is 0 Å². The molecule has 6 nitrogen and oxygen atoms in total. The molecule has 0 radical (unpaired) electrons. The molecular weight excluding hydrogens is 274 g/mol. The second-order valence-corrected chi connectivity index (χ2v) is 4.63. The van der Waals surface area contributed by atoms with Gasteiger partial charge in [0.1, 0.15) is 5.58 Å². The van der Waals surface area contributed by atoms with Gasteiger partial charge in [-0.3, -0.25) is 14.4 Å². The highest BCUT2D eigenvalue weighted by molar-refractivity contribution is 5.93.